The molecule has 2 atom stereocenters. The Morgan fingerprint density at radius 3 is 2.12 bits per heavy atom. The van der Waals surface area contributed by atoms with E-state index in [1.54, 1.807) is 12.1 Å². The number of benzene rings is 3. The lowest BCUT2D eigenvalue weighted by molar-refractivity contribution is -0.136. The predicted molar refractivity (Wildman–Crippen MR) is 224 cm³/mol. The largest absolute Gasteiger partial charge is 0.371 e. The van der Waals surface area contributed by atoms with E-state index in [1.807, 2.05) is 41.3 Å². The summed E-state index contributed by atoms with van der Waals surface area (Å²) in [6.07, 6.45) is 5.46. The first kappa shape index (κ1) is 39.0. The molecule has 6 aliphatic rings. The van der Waals surface area contributed by atoms with Gasteiger partial charge in [-0.15, -0.1) is 0 Å². The van der Waals surface area contributed by atoms with E-state index >= 15 is 0 Å². The maximum Gasteiger partial charge on any atom is 0.262 e. The average molecular weight is 817 g/mol. The topological polar surface area (TPSA) is 141 Å². The molecule has 9 rings (SSSR count). The summed E-state index contributed by atoms with van der Waals surface area (Å²) in [6, 6.07) is 21.2. The summed E-state index contributed by atoms with van der Waals surface area (Å²) in [4.78, 5) is 76.8. The van der Waals surface area contributed by atoms with E-state index in [0.717, 1.165) is 105 Å². The summed E-state index contributed by atoms with van der Waals surface area (Å²) in [6.45, 7) is 9.84. The fourth-order valence-electron chi connectivity index (χ4n) is 10.5. The molecule has 6 heterocycles. The zero-order valence-corrected chi connectivity index (χ0v) is 34.1. The summed E-state index contributed by atoms with van der Waals surface area (Å²) in [5.74, 6) is -1.91. The van der Waals surface area contributed by atoms with Gasteiger partial charge in [-0.3, -0.25) is 39.1 Å². The van der Waals surface area contributed by atoms with E-state index in [9.17, 15) is 29.2 Å². The molecule has 0 aliphatic carbocycles. The molecule has 5 fully saturated rings. The van der Waals surface area contributed by atoms with Gasteiger partial charge in [-0.05, 0) is 112 Å². The fraction of sp³-hybridized carbons (Fsp3) is 0.467. The van der Waals surface area contributed by atoms with E-state index in [-0.39, 0.29) is 29.7 Å². The Kier molecular flexibility index (Phi) is 10.3. The van der Waals surface area contributed by atoms with Crippen LogP contribution in [0.2, 0.25) is 5.02 Å². The second kappa shape index (κ2) is 15.6. The quantitative estimate of drug-likeness (QED) is 0.341. The number of nitrogens with one attached hydrogen (secondary N) is 1. The van der Waals surface area contributed by atoms with Crippen LogP contribution in [0.3, 0.4) is 0 Å². The van der Waals surface area contributed by atoms with Crippen LogP contribution in [0.5, 0.6) is 0 Å². The molecule has 14 heteroatoms. The Morgan fingerprint density at radius 2 is 1.44 bits per heavy atom. The molecule has 0 saturated carbocycles. The first-order valence-electron chi connectivity index (χ1n) is 21.0. The number of halogens is 1. The lowest BCUT2D eigenvalue weighted by atomic mass is 9.76. The molecule has 0 aromatic heterocycles. The van der Waals surface area contributed by atoms with Gasteiger partial charge in [0.05, 0.1) is 21.7 Å². The number of nitriles is 1. The minimum atomic E-state index is -0.979. The van der Waals surface area contributed by atoms with Gasteiger partial charge >= 0.3 is 0 Å². The monoisotopic (exact) mass is 816 g/mol. The van der Waals surface area contributed by atoms with Crippen LogP contribution in [0.25, 0.3) is 0 Å². The van der Waals surface area contributed by atoms with Gasteiger partial charge in [0.15, 0.2) is 0 Å². The number of carbonyl (C=O) groups is 5. The Labute approximate surface area is 349 Å². The van der Waals surface area contributed by atoms with Gasteiger partial charge in [-0.25, -0.2) is 0 Å². The maximum atomic E-state index is 13.6. The molecule has 1 unspecified atom stereocenters. The van der Waals surface area contributed by atoms with Gasteiger partial charge in [-0.2, -0.15) is 5.26 Å². The van der Waals surface area contributed by atoms with Gasteiger partial charge in [0, 0.05) is 100 Å². The molecule has 1 N–H and O–H groups in total. The third-order valence-electron chi connectivity index (χ3n) is 13.8. The summed E-state index contributed by atoms with van der Waals surface area (Å²) in [5.41, 5.74) is 5.19. The van der Waals surface area contributed by atoms with E-state index in [0.29, 0.717) is 41.3 Å². The number of anilines is 3. The van der Waals surface area contributed by atoms with Crippen LogP contribution in [-0.4, -0.2) is 121 Å². The number of imide groups is 2. The first-order chi connectivity index (χ1) is 28.5. The van der Waals surface area contributed by atoms with Crippen molar-refractivity contribution >= 4 is 58.2 Å². The molecule has 59 heavy (non-hydrogen) atoms. The standard InChI is InChI=1S/C45H49ClN8O5/c1-29-26-45(28-53(29)35-7-4-31(27-47)38(46)25-35)14-18-50(19-15-45)32-5-2-30(3-6-32)42(57)52-22-20-51(21-23-52)33-12-16-49(17-13-33)34-8-9-36-37(24-34)44(59)54(43(36)58)39-10-11-40(55)48-41(39)56/h2-9,24-25,29,33,39H,10-23,26,28H2,1H3,(H,48,55,56)/t29-,39?/m0/s1. The lowest BCUT2D eigenvalue weighted by Crippen LogP contribution is -2.54. The summed E-state index contributed by atoms with van der Waals surface area (Å²) < 4.78 is 0. The number of hydrogen-bond acceptors (Lipinski definition) is 10. The van der Waals surface area contributed by atoms with Crippen molar-refractivity contribution in [1.82, 2.24) is 20.0 Å². The minimum Gasteiger partial charge on any atom is -0.371 e. The molecular weight excluding hydrogens is 768 g/mol. The van der Waals surface area contributed by atoms with Crippen molar-refractivity contribution in [2.45, 2.75) is 70.0 Å². The van der Waals surface area contributed by atoms with Crippen LogP contribution in [0.15, 0.2) is 60.7 Å². The van der Waals surface area contributed by atoms with Crippen molar-refractivity contribution < 1.29 is 24.0 Å². The van der Waals surface area contributed by atoms with Crippen LogP contribution in [0.1, 0.15) is 88.5 Å². The minimum absolute atomic E-state index is 0.0763. The van der Waals surface area contributed by atoms with Gasteiger partial charge in [-0.1, -0.05) is 11.6 Å². The van der Waals surface area contributed by atoms with E-state index in [2.05, 4.69) is 50.0 Å². The zero-order valence-electron chi connectivity index (χ0n) is 33.4. The van der Waals surface area contributed by atoms with Crippen molar-refractivity contribution in [3.63, 3.8) is 0 Å². The number of carbonyl (C=O) groups excluding carboxylic acids is 5. The van der Waals surface area contributed by atoms with E-state index in [1.165, 1.54) is 0 Å². The molecule has 3 aromatic carbocycles. The molecule has 306 valence electrons. The smallest absolute Gasteiger partial charge is 0.262 e. The summed E-state index contributed by atoms with van der Waals surface area (Å²) >= 11 is 6.38. The highest BCUT2D eigenvalue weighted by Gasteiger charge is 2.46. The number of amides is 5. The third kappa shape index (κ3) is 7.31. The second-order valence-electron chi connectivity index (χ2n) is 17.2. The number of piperazine rings is 1. The second-order valence-corrected chi connectivity index (χ2v) is 17.6. The maximum absolute atomic E-state index is 13.6. The molecular formula is C45H49ClN8O5. The van der Waals surface area contributed by atoms with Crippen molar-refractivity contribution in [2.75, 3.05) is 73.6 Å². The third-order valence-corrected chi connectivity index (χ3v) is 14.2. The number of hydrogen-bond donors (Lipinski definition) is 1. The Hall–Kier alpha value is -5.45. The number of rotatable bonds is 6. The van der Waals surface area contributed by atoms with Crippen LogP contribution in [0.4, 0.5) is 17.1 Å². The highest BCUT2D eigenvalue weighted by Crippen LogP contribution is 2.46. The van der Waals surface area contributed by atoms with Gasteiger partial charge in [0.2, 0.25) is 11.8 Å². The van der Waals surface area contributed by atoms with Crippen LogP contribution in [0, 0.1) is 16.7 Å². The van der Waals surface area contributed by atoms with Gasteiger partial charge in [0.1, 0.15) is 12.1 Å². The average Bonchev–Trinajstić information content (AvgIpc) is 3.71. The van der Waals surface area contributed by atoms with Crippen LogP contribution < -0.4 is 20.0 Å². The molecule has 0 radical (unpaired) electrons. The number of nitrogens with zero attached hydrogens (tertiary/aromatic N) is 7. The Balaban J connectivity index is 0.736. The number of fused-ring (bicyclic) bond motifs is 1. The van der Waals surface area contributed by atoms with E-state index in [4.69, 9.17) is 11.6 Å². The fourth-order valence-corrected chi connectivity index (χ4v) is 10.7. The van der Waals surface area contributed by atoms with Crippen LogP contribution >= 0.6 is 11.6 Å². The lowest BCUT2D eigenvalue weighted by Gasteiger charge is -2.43. The highest BCUT2D eigenvalue weighted by atomic mass is 35.5. The zero-order chi connectivity index (χ0) is 41.0. The summed E-state index contributed by atoms with van der Waals surface area (Å²) in [5, 5.41) is 12.0. The SMILES string of the molecule is C[C@H]1CC2(CCN(c3ccc(C(=O)N4CCN(C5CCN(c6ccc7c(c6)C(=O)N(C6CCC(=O)NC6=O)C7=O)CC5)CC4)cc3)CC2)CN1c1ccc(C#N)c(Cl)c1. The molecule has 1 spiro atoms. The molecule has 5 saturated heterocycles. The van der Waals surface area contributed by atoms with Crippen LogP contribution in [-0.2, 0) is 9.59 Å². The molecule has 0 bridgehead atoms. The first-order valence-corrected chi connectivity index (χ1v) is 21.3. The predicted octanol–water partition coefficient (Wildman–Crippen LogP) is 4.93. The number of piperidine rings is 3. The van der Waals surface area contributed by atoms with Crippen molar-refractivity contribution in [2.24, 2.45) is 5.41 Å². The molecule has 13 nitrogen and oxygen atoms in total. The molecule has 6 aliphatic heterocycles. The van der Waals surface area contributed by atoms with Gasteiger partial charge in [0.25, 0.3) is 17.7 Å². The van der Waals surface area contributed by atoms with Crippen molar-refractivity contribution in [3.8, 4) is 6.07 Å². The molecule has 5 amide bonds. The summed E-state index contributed by atoms with van der Waals surface area (Å²) in [7, 11) is 0. The molecule has 3 aromatic rings. The van der Waals surface area contributed by atoms with E-state index < -0.39 is 29.7 Å². The highest BCUT2D eigenvalue weighted by molar-refractivity contribution is 6.32. The normalized spacial score (nSPS) is 23.8. The van der Waals surface area contributed by atoms with Gasteiger partial charge < -0.3 is 19.6 Å². The van der Waals surface area contributed by atoms with Crippen molar-refractivity contribution in [3.05, 3.63) is 87.9 Å². The Bertz CT molecular complexity index is 2230. The van der Waals surface area contributed by atoms with Crippen molar-refractivity contribution in [1.29, 1.82) is 5.26 Å². The Morgan fingerprint density at radius 1 is 0.780 bits per heavy atom.